The van der Waals surface area contributed by atoms with Crippen molar-refractivity contribution >= 4 is 17.9 Å². The van der Waals surface area contributed by atoms with Gasteiger partial charge in [-0.3, -0.25) is 14.4 Å². The maximum atomic E-state index is 12.8. The molecule has 0 aliphatic carbocycles. The molecule has 0 N–H and O–H groups in total. The van der Waals surface area contributed by atoms with E-state index in [1.807, 2.05) is 0 Å². The molecular weight excluding hydrogens is 805 g/mol. The molecule has 0 aromatic heterocycles. The van der Waals surface area contributed by atoms with Gasteiger partial charge in [-0.25, -0.2) is 0 Å². The van der Waals surface area contributed by atoms with Gasteiger partial charge in [0.15, 0.2) is 6.10 Å². The Balaban J connectivity index is 4.17. The van der Waals surface area contributed by atoms with Crippen LogP contribution in [-0.4, -0.2) is 37.2 Å². The third kappa shape index (κ3) is 51.9. The minimum absolute atomic E-state index is 0.0728. The molecule has 0 fully saturated rings. The zero-order valence-electron chi connectivity index (χ0n) is 43.0. The number of carbonyl (C=O) groups excluding carboxylic acids is 3. The summed E-state index contributed by atoms with van der Waals surface area (Å²) in [6.07, 6.45) is 66.6. The second kappa shape index (κ2) is 53.7. The lowest BCUT2D eigenvalue weighted by Crippen LogP contribution is -2.30. The summed E-state index contributed by atoms with van der Waals surface area (Å²) in [6.45, 7) is 6.50. The molecule has 0 bridgehead atoms. The third-order valence-electron chi connectivity index (χ3n) is 12.0. The minimum Gasteiger partial charge on any atom is -0.462 e. The van der Waals surface area contributed by atoms with Gasteiger partial charge in [0, 0.05) is 19.3 Å². The Hall–Kier alpha value is -2.89. The highest BCUT2D eigenvalue weighted by atomic mass is 16.6. The molecule has 0 aliphatic rings. The molecule has 0 saturated carbocycles. The van der Waals surface area contributed by atoms with Crippen LogP contribution >= 0.6 is 0 Å². The van der Waals surface area contributed by atoms with E-state index >= 15 is 0 Å². The number of hydrogen-bond donors (Lipinski definition) is 0. The Kier molecular flexibility index (Phi) is 51.3. The van der Waals surface area contributed by atoms with Crippen LogP contribution < -0.4 is 0 Å². The fourth-order valence-corrected chi connectivity index (χ4v) is 7.88. The molecule has 0 radical (unpaired) electrons. The highest BCUT2D eigenvalue weighted by Gasteiger charge is 2.19. The maximum Gasteiger partial charge on any atom is 0.306 e. The van der Waals surface area contributed by atoms with Gasteiger partial charge in [-0.05, 0) is 64.2 Å². The zero-order chi connectivity index (χ0) is 47.2. The molecule has 0 amide bonds. The average molecular weight is 909 g/mol. The van der Waals surface area contributed by atoms with E-state index in [0.717, 1.165) is 96.3 Å². The van der Waals surface area contributed by atoms with Crippen LogP contribution in [0.5, 0.6) is 0 Å². The number of hydrogen-bond acceptors (Lipinski definition) is 6. The second-order valence-electron chi connectivity index (χ2n) is 18.5. The molecule has 0 heterocycles. The van der Waals surface area contributed by atoms with E-state index in [9.17, 15) is 14.4 Å². The predicted octanol–water partition coefficient (Wildman–Crippen LogP) is 18.4. The fourth-order valence-electron chi connectivity index (χ4n) is 7.88. The SMILES string of the molecule is CC/C=C\C/C=C\C/C=C\C/C=C\C/C=C\CCCCCCCCCCCC(=O)OCC(COC(=O)CCCCCCCCC)OC(=O)CCCCCCCCCCCCCCCCC. The monoisotopic (exact) mass is 909 g/mol. The summed E-state index contributed by atoms with van der Waals surface area (Å²) < 4.78 is 16.8. The summed E-state index contributed by atoms with van der Waals surface area (Å²) >= 11 is 0. The summed E-state index contributed by atoms with van der Waals surface area (Å²) in [4.78, 5) is 37.9. The number of carbonyl (C=O) groups is 3. The van der Waals surface area contributed by atoms with E-state index in [1.54, 1.807) is 0 Å². The fraction of sp³-hybridized carbons (Fsp3) is 0.780. The largest absolute Gasteiger partial charge is 0.462 e. The normalized spacial score (nSPS) is 12.5. The van der Waals surface area contributed by atoms with E-state index in [1.165, 1.54) is 141 Å². The number of rotatable bonds is 50. The Bertz CT molecular complexity index is 1180. The minimum atomic E-state index is -0.770. The summed E-state index contributed by atoms with van der Waals surface area (Å²) in [5.41, 5.74) is 0. The summed E-state index contributed by atoms with van der Waals surface area (Å²) in [5.74, 6) is -0.876. The first-order valence-electron chi connectivity index (χ1n) is 27.8. The first-order chi connectivity index (χ1) is 32.0. The van der Waals surface area contributed by atoms with Gasteiger partial charge < -0.3 is 14.2 Å². The van der Waals surface area contributed by atoms with Crippen molar-refractivity contribution in [3.05, 3.63) is 60.8 Å². The molecule has 0 rings (SSSR count). The van der Waals surface area contributed by atoms with Gasteiger partial charge in [-0.1, -0.05) is 255 Å². The van der Waals surface area contributed by atoms with Gasteiger partial charge in [0.25, 0.3) is 0 Å². The second-order valence-corrected chi connectivity index (χ2v) is 18.5. The number of unbranched alkanes of at least 4 members (excludes halogenated alkanes) is 29. The Morgan fingerprint density at radius 3 is 0.938 bits per heavy atom. The van der Waals surface area contributed by atoms with Gasteiger partial charge >= 0.3 is 17.9 Å². The molecule has 376 valence electrons. The van der Waals surface area contributed by atoms with Crippen molar-refractivity contribution < 1.29 is 28.6 Å². The van der Waals surface area contributed by atoms with Crippen molar-refractivity contribution in [1.29, 1.82) is 0 Å². The molecule has 1 atom stereocenters. The first kappa shape index (κ1) is 62.1. The first-order valence-corrected chi connectivity index (χ1v) is 27.8. The Labute approximate surface area is 402 Å². The highest BCUT2D eigenvalue weighted by molar-refractivity contribution is 5.71. The van der Waals surface area contributed by atoms with Crippen molar-refractivity contribution in [3.63, 3.8) is 0 Å². The third-order valence-corrected chi connectivity index (χ3v) is 12.0. The lowest BCUT2D eigenvalue weighted by molar-refractivity contribution is -0.167. The standard InChI is InChI=1S/C59H104O6/c1-4-7-10-13-16-18-20-22-24-25-26-27-28-29-30-31-32-33-35-36-38-40-43-46-49-52-58(61)64-55-56(54-63-57(60)51-48-45-42-15-12-9-6-3)65-59(62)53-50-47-44-41-39-37-34-23-21-19-17-14-11-8-5-2/h7,10,16,18,22,24,26-27,29-30,56H,4-6,8-9,11-15,17,19-21,23,25,28,31-55H2,1-3H3/b10-7-,18-16-,24-22-,27-26-,30-29-. The van der Waals surface area contributed by atoms with Gasteiger partial charge in [-0.15, -0.1) is 0 Å². The van der Waals surface area contributed by atoms with Crippen LogP contribution in [0.15, 0.2) is 60.8 Å². The number of ether oxygens (including phenoxy) is 3. The predicted molar refractivity (Wildman–Crippen MR) is 279 cm³/mol. The van der Waals surface area contributed by atoms with Crippen molar-refractivity contribution in [2.45, 2.75) is 284 Å². The van der Waals surface area contributed by atoms with Crippen LogP contribution in [0.1, 0.15) is 278 Å². The molecule has 65 heavy (non-hydrogen) atoms. The number of esters is 3. The molecule has 6 nitrogen and oxygen atoms in total. The van der Waals surface area contributed by atoms with E-state index in [-0.39, 0.29) is 31.1 Å². The average Bonchev–Trinajstić information content (AvgIpc) is 3.30. The molecule has 0 aliphatic heterocycles. The molecular formula is C59H104O6. The van der Waals surface area contributed by atoms with Crippen LogP contribution in [0.2, 0.25) is 0 Å². The van der Waals surface area contributed by atoms with E-state index in [4.69, 9.17) is 14.2 Å². The summed E-state index contributed by atoms with van der Waals surface area (Å²) in [7, 11) is 0. The highest BCUT2D eigenvalue weighted by Crippen LogP contribution is 2.16. The summed E-state index contributed by atoms with van der Waals surface area (Å²) in [5, 5.41) is 0. The van der Waals surface area contributed by atoms with Gasteiger partial charge in [0.1, 0.15) is 13.2 Å². The van der Waals surface area contributed by atoms with Gasteiger partial charge in [0.2, 0.25) is 0 Å². The van der Waals surface area contributed by atoms with Crippen LogP contribution in [0.3, 0.4) is 0 Å². The van der Waals surface area contributed by atoms with Crippen LogP contribution in [0.25, 0.3) is 0 Å². The van der Waals surface area contributed by atoms with Crippen molar-refractivity contribution in [2.75, 3.05) is 13.2 Å². The van der Waals surface area contributed by atoms with Crippen LogP contribution in [0, 0.1) is 0 Å². The lowest BCUT2D eigenvalue weighted by Gasteiger charge is -2.18. The molecule has 0 saturated heterocycles. The van der Waals surface area contributed by atoms with Gasteiger partial charge in [0.05, 0.1) is 0 Å². The quantitative estimate of drug-likeness (QED) is 0.0262. The molecule has 6 heteroatoms. The zero-order valence-corrected chi connectivity index (χ0v) is 43.0. The Morgan fingerprint density at radius 2 is 0.600 bits per heavy atom. The van der Waals surface area contributed by atoms with E-state index in [0.29, 0.717) is 19.3 Å². The van der Waals surface area contributed by atoms with Crippen molar-refractivity contribution in [2.24, 2.45) is 0 Å². The molecule has 0 aromatic carbocycles. The van der Waals surface area contributed by atoms with E-state index < -0.39 is 6.10 Å². The van der Waals surface area contributed by atoms with Crippen LogP contribution in [-0.2, 0) is 28.6 Å². The van der Waals surface area contributed by atoms with Crippen molar-refractivity contribution in [1.82, 2.24) is 0 Å². The number of allylic oxidation sites excluding steroid dienone is 10. The van der Waals surface area contributed by atoms with E-state index in [2.05, 4.69) is 81.5 Å². The summed E-state index contributed by atoms with van der Waals surface area (Å²) in [6, 6.07) is 0. The molecule has 1 unspecified atom stereocenters. The molecule has 0 spiro atoms. The topological polar surface area (TPSA) is 78.9 Å². The van der Waals surface area contributed by atoms with Gasteiger partial charge in [-0.2, -0.15) is 0 Å². The smallest absolute Gasteiger partial charge is 0.306 e. The Morgan fingerprint density at radius 1 is 0.323 bits per heavy atom. The van der Waals surface area contributed by atoms with Crippen molar-refractivity contribution in [3.8, 4) is 0 Å². The lowest BCUT2D eigenvalue weighted by atomic mass is 10.0. The van der Waals surface area contributed by atoms with Crippen LogP contribution in [0.4, 0.5) is 0 Å². The maximum absolute atomic E-state index is 12.8. The molecule has 0 aromatic rings.